The Hall–Kier alpha value is -1.16. The maximum Gasteiger partial charge on any atom is 0.182 e. The second-order valence-corrected chi connectivity index (χ2v) is 5.30. The van der Waals surface area contributed by atoms with Gasteiger partial charge in [-0.15, -0.1) is 0 Å². The molecule has 1 saturated carbocycles. The Morgan fingerprint density at radius 2 is 1.94 bits per heavy atom. The molecule has 1 N–H and O–H groups in total. The molecular weight excluding hydrogens is 234 g/mol. The highest BCUT2D eigenvalue weighted by atomic mass is 19.2. The standard InChI is InChI=1S/C14H18F2N2/c15-12-4-1-5-13(14(12)16)18-8-2-3-11(9-18)17-10-6-7-10/h1,4-5,10-11,17H,2-3,6-9H2. The van der Waals surface area contributed by atoms with E-state index in [1.54, 1.807) is 12.1 Å². The third-order valence-corrected chi connectivity index (χ3v) is 3.74. The second kappa shape index (κ2) is 4.84. The van der Waals surface area contributed by atoms with Crippen LogP contribution in [-0.4, -0.2) is 25.2 Å². The molecule has 1 atom stereocenters. The Labute approximate surface area is 106 Å². The molecule has 1 saturated heterocycles. The van der Waals surface area contributed by atoms with Crippen molar-refractivity contribution in [3.8, 4) is 0 Å². The van der Waals surface area contributed by atoms with Crippen LogP contribution in [-0.2, 0) is 0 Å². The first kappa shape index (κ1) is 11.9. The van der Waals surface area contributed by atoms with E-state index in [4.69, 9.17) is 0 Å². The number of anilines is 1. The van der Waals surface area contributed by atoms with E-state index in [2.05, 4.69) is 5.32 Å². The molecule has 1 aromatic carbocycles. The van der Waals surface area contributed by atoms with Crippen molar-refractivity contribution in [1.29, 1.82) is 0 Å². The third-order valence-electron chi connectivity index (χ3n) is 3.74. The molecule has 0 spiro atoms. The molecule has 0 amide bonds. The predicted molar refractivity (Wildman–Crippen MR) is 67.8 cm³/mol. The second-order valence-electron chi connectivity index (χ2n) is 5.30. The number of piperidine rings is 1. The summed E-state index contributed by atoms with van der Waals surface area (Å²) in [7, 11) is 0. The summed E-state index contributed by atoms with van der Waals surface area (Å²) >= 11 is 0. The lowest BCUT2D eigenvalue weighted by molar-refractivity contribution is 0.414. The van der Waals surface area contributed by atoms with Crippen molar-refractivity contribution in [1.82, 2.24) is 5.32 Å². The maximum atomic E-state index is 13.8. The molecule has 1 heterocycles. The van der Waals surface area contributed by atoms with E-state index in [-0.39, 0.29) is 0 Å². The van der Waals surface area contributed by atoms with Crippen molar-refractivity contribution < 1.29 is 8.78 Å². The Morgan fingerprint density at radius 1 is 1.11 bits per heavy atom. The fourth-order valence-corrected chi connectivity index (χ4v) is 2.65. The van der Waals surface area contributed by atoms with Crippen LogP contribution in [0.4, 0.5) is 14.5 Å². The van der Waals surface area contributed by atoms with Gasteiger partial charge in [0.25, 0.3) is 0 Å². The molecule has 2 fully saturated rings. The van der Waals surface area contributed by atoms with Crippen LogP contribution in [0.25, 0.3) is 0 Å². The number of hydrogen-bond acceptors (Lipinski definition) is 2. The van der Waals surface area contributed by atoms with Crippen LogP contribution in [0.3, 0.4) is 0 Å². The van der Waals surface area contributed by atoms with Gasteiger partial charge in [-0.3, -0.25) is 0 Å². The zero-order valence-electron chi connectivity index (χ0n) is 10.3. The summed E-state index contributed by atoms with van der Waals surface area (Å²) in [6.45, 7) is 1.58. The van der Waals surface area contributed by atoms with Crippen molar-refractivity contribution in [2.24, 2.45) is 0 Å². The number of rotatable bonds is 3. The van der Waals surface area contributed by atoms with Crippen molar-refractivity contribution in [2.45, 2.75) is 37.8 Å². The monoisotopic (exact) mass is 252 g/mol. The summed E-state index contributed by atoms with van der Waals surface area (Å²) in [4.78, 5) is 1.96. The molecule has 0 aromatic heterocycles. The van der Waals surface area contributed by atoms with Crippen molar-refractivity contribution >= 4 is 5.69 Å². The van der Waals surface area contributed by atoms with Crippen LogP contribution in [0.2, 0.25) is 0 Å². The minimum atomic E-state index is -0.759. The van der Waals surface area contributed by atoms with Crippen molar-refractivity contribution in [3.63, 3.8) is 0 Å². The number of hydrogen-bond donors (Lipinski definition) is 1. The Bertz CT molecular complexity index is 432. The summed E-state index contributed by atoms with van der Waals surface area (Å²) in [6.07, 6.45) is 4.67. The smallest absolute Gasteiger partial charge is 0.182 e. The highest BCUT2D eigenvalue weighted by Crippen LogP contribution is 2.26. The lowest BCUT2D eigenvalue weighted by Crippen LogP contribution is -2.46. The maximum absolute atomic E-state index is 13.8. The summed E-state index contributed by atoms with van der Waals surface area (Å²) in [6, 6.07) is 5.48. The van der Waals surface area contributed by atoms with Gasteiger partial charge < -0.3 is 10.2 Å². The minimum Gasteiger partial charge on any atom is -0.368 e. The van der Waals surface area contributed by atoms with E-state index in [9.17, 15) is 8.78 Å². The van der Waals surface area contributed by atoms with Gasteiger partial charge in [-0.25, -0.2) is 8.78 Å². The molecular formula is C14H18F2N2. The highest BCUT2D eigenvalue weighted by Gasteiger charge is 2.28. The van der Waals surface area contributed by atoms with Gasteiger partial charge in [0.2, 0.25) is 0 Å². The lowest BCUT2D eigenvalue weighted by atomic mass is 10.0. The molecule has 1 unspecified atom stereocenters. The largest absolute Gasteiger partial charge is 0.368 e. The average Bonchev–Trinajstić information content (AvgIpc) is 3.17. The molecule has 4 heteroatoms. The van der Waals surface area contributed by atoms with Gasteiger partial charge in [0.05, 0.1) is 5.69 Å². The first-order valence-electron chi connectivity index (χ1n) is 6.69. The number of nitrogens with one attached hydrogen (secondary N) is 1. The topological polar surface area (TPSA) is 15.3 Å². The van der Waals surface area contributed by atoms with Crippen LogP contribution in [0, 0.1) is 11.6 Å². The number of benzene rings is 1. The molecule has 0 radical (unpaired) electrons. The van der Waals surface area contributed by atoms with Crippen LogP contribution in [0.15, 0.2) is 18.2 Å². The fraction of sp³-hybridized carbons (Fsp3) is 0.571. The lowest BCUT2D eigenvalue weighted by Gasteiger charge is -2.35. The van der Waals surface area contributed by atoms with Gasteiger partial charge in [-0.2, -0.15) is 0 Å². The molecule has 3 rings (SSSR count). The van der Waals surface area contributed by atoms with E-state index in [0.29, 0.717) is 17.8 Å². The van der Waals surface area contributed by atoms with Gasteiger partial charge in [0.15, 0.2) is 11.6 Å². The Kier molecular flexibility index (Phi) is 3.20. The first-order valence-corrected chi connectivity index (χ1v) is 6.69. The molecule has 98 valence electrons. The van der Waals surface area contributed by atoms with E-state index in [0.717, 1.165) is 25.9 Å². The molecule has 1 aliphatic carbocycles. The van der Waals surface area contributed by atoms with Gasteiger partial charge in [0.1, 0.15) is 0 Å². The van der Waals surface area contributed by atoms with Crippen molar-refractivity contribution in [3.05, 3.63) is 29.8 Å². The summed E-state index contributed by atoms with van der Waals surface area (Å²) < 4.78 is 27.0. The molecule has 2 aliphatic rings. The molecule has 18 heavy (non-hydrogen) atoms. The van der Waals surface area contributed by atoms with E-state index in [1.165, 1.54) is 18.9 Å². The van der Waals surface area contributed by atoms with Gasteiger partial charge in [-0.1, -0.05) is 6.07 Å². The predicted octanol–water partition coefficient (Wildman–Crippen LogP) is 2.69. The summed E-state index contributed by atoms with van der Waals surface area (Å²) in [5, 5.41) is 3.57. The van der Waals surface area contributed by atoms with Crippen molar-refractivity contribution in [2.75, 3.05) is 18.0 Å². The Morgan fingerprint density at radius 3 is 2.72 bits per heavy atom. The molecule has 2 nitrogen and oxygen atoms in total. The zero-order valence-corrected chi connectivity index (χ0v) is 10.3. The van der Waals surface area contributed by atoms with Gasteiger partial charge in [-0.05, 0) is 37.8 Å². The third kappa shape index (κ3) is 2.48. The van der Waals surface area contributed by atoms with E-state index in [1.807, 2.05) is 4.90 Å². The molecule has 1 aliphatic heterocycles. The quantitative estimate of drug-likeness (QED) is 0.889. The molecule has 1 aromatic rings. The first-order chi connectivity index (χ1) is 8.74. The zero-order chi connectivity index (χ0) is 12.5. The number of nitrogens with zero attached hydrogens (tertiary/aromatic N) is 1. The van der Waals surface area contributed by atoms with E-state index >= 15 is 0 Å². The van der Waals surface area contributed by atoms with Crippen LogP contribution in [0.5, 0.6) is 0 Å². The van der Waals surface area contributed by atoms with Crippen LogP contribution >= 0.6 is 0 Å². The SMILES string of the molecule is Fc1cccc(N2CCCC(NC3CC3)C2)c1F. The van der Waals surface area contributed by atoms with Crippen LogP contribution in [0.1, 0.15) is 25.7 Å². The average molecular weight is 252 g/mol. The normalized spacial score (nSPS) is 24.3. The Balaban J connectivity index is 1.72. The highest BCUT2D eigenvalue weighted by molar-refractivity contribution is 5.48. The summed E-state index contributed by atoms with van der Waals surface area (Å²) in [5.74, 6) is -1.48. The van der Waals surface area contributed by atoms with E-state index < -0.39 is 11.6 Å². The molecule has 0 bridgehead atoms. The van der Waals surface area contributed by atoms with Gasteiger partial charge >= 0.3 is 0 Å². The minimum absolute atomic E-state index is 0.400. The van der Waals surface area contributed by atoms with Crippen LogP contribution < -0.4 is 10.2 Å². The fourth-order valence-electron chi connectivity index (χ4n) is 2.65. The summed E-state index contributed by atoms with van der Waals surface area (Å²) in [5.41, 5.74) is 0.400. The van der Waals surface area contributed by atoms with Gasteiger partial charge in [0, 0.05) is 25.2 Å². The number of halogens is 2.